The van der Waals surface area contributed by atoms with Crippen molar-refractivity contribution >= 4 is 18.3 Å². The van der Waals surface area contributed by atoms with Crippen LogP contribution in [-0.4, -0.2) is 32.1 Å². The molecule has 2 N–H and O–H groups in total. The molecule has 0 radical (unpaired) electrons. The molecule has 0 bridgehead atoms. The van der Waals surface area contributed by atoms with E-state index >= 15 is 0 Å². The lowest BCUT2D eigenvalue weighted by atomic mass is 10.1. The number of methoxy groups -OCH3 is 1. The van der Waals surface area contributed by atoms with Crippen molar-refractivity contribution in [3.8, 4) is 5.75 Å². The summed E-state index contributed by atoms with van der Waals surface area (Å²) in [5, 5.41) is 6.29. The first-order valence-corrected chi connectivity index (χ1v) is 7.01. The maximum atomic E-state index is 13.5. The van der Waals surface area contributed by atoms with Gasteiger partial charge in [-0.15, -0.1) is 12.4 Å². The second-order valence-electron chi connectivity index (χ2n) is 5.06. The van der Waals surface area contributed by atoms with Crippen LogP contribution in [0.5, 0.6) is 5.75 Å². The van der Waals surface area contributed by atoms with Crippen LogP contribution in [0.4, 0.5) is 4.39 Å². The molecule has 6 heteroatoms. The maximum absolute atomic E-state index is 13.5. The van der Waals surface area contributed by atoms with Gasteiger partial charge in [0.15, 0.2) is 11.6 Å². The van der Waals surface area contributed by atoms with E-state index in [2.05, 4.69) is 10.6 Å². The molecule has 21 heavy (non-hydrogen) atoms. The fraction of sp³-hybridized carbons (Fsp3) is 0.533. The van der Waals surface area contributed by atoms with Gasteiger partial charge in [-0.2, -0.15) is 0 Å². The Bertz CT molecular complexity index is 465. The highest BCUT2D eigenvalue weighted by Gasteiger charge is 2.15. The van der Waals surface area contributed by atoms with Crippen LogP contribution in [0.15, 0.2) is 18.2 Å². The first-order valence-electron chi connectivity index (χ1n) is 7.01. The Hall–Kier alpha value is -1.33. The van der Waals surface area contributed by atoms with Gasteiger partial charge in [-0.25, -0.2) is 4.39 Å². The zero-order valence-electron chi connectivity index (χ0n) is 12.2. The molecule has 0 unspecified atom stereocenters. The van der Waals surface area contributed by atoms with Crippen LogP contribution in [-0.2, 0) is 11.2 Å². The van der Waals surface area contributed by atoms with Crippen LogP contribution in [0, 0.1) is 5.82 Å². The average molecular weight is 317 g/mol. The fourth-order valence-electron chi connectivity index (χ4n) is 2.39. The zero-order valence-corrected chi connectivity index (χ0v) is 13.0. The predicted octanol–water partition coefficient (Wildman–Crippen LogP) is 2.06. The smallest absolute Gasteiger partial charge is 0.220 e. The SMILES string of the molecule is COc1ccc(CCC(=O)NC2CCNCC2)cc1F.Cl. The molecule has 0 saturated carbocycles. The van der Waals surface area contributed by atoms with Crippen LogP contribution in [0.3, 0.4) is 0 Å². The quantitative estimate of drug-likeness (QED) is 0.874. The minimum absolute atomic E-state index is 0. The highest BCUT2D eigenvalue weighted by atomic mass is 35.5. The van der Waals surface area contributed by atoms with Crippen molar-refractivity contribution in [1.82, 2.24) is 10.6 Å². The van der Waals surface area contributed by atoms with Gasteiger partial charge in [0.2, 0.25) is 5.91 Å². The fourth-order valence-corrected chi connectivity index (χ4v) is 2.39. The number of rotatable bonds is 5. The summed E-state index contributed by atoms with van der Waals surface area (Å²) in [6.07, 6.45) is 2.87. The van der Waals surface area contributed by atoms with Gasteiger partial charge in [0, 0.05) is 12.5 Å². The number of ether oxygens (including phenoxy) is 1. The molecule has 0 atom stereocenters. The second kappa shape index (κ2) is 8.85. The van der Waals surface area contributed by atoms with Gasteiger partial charge < -0.3 is 15.4 Å². The van der Waals surface area contributed by atoms with Gasteiger partial charge >= 0.3 is 0 Å². The van der Waals surface area contributed by atoms with Crippen LogP contribution >= 0.6 is 12.4 Å². The average Bonchev–Trinajstić information content (AvgIpc) is 2.46. The Balaban J connectivity index is 0.00000220. The van der Waals surface area contributed by atoms with E-state index in [9.17, 15) is 9.18 Å². The number of amides is 1. The number of aryl methyl sites for hydroxylation is 1. The summed E-state index contributed by atoms with van der Waals surface area (Å²) in [4.78, 5) is 11.8. The highest BCUT2D eigenvalue weighted by molar-refractivity contribution is 5.85. The van der Waals surface area contributed by atoms with E-state index in [1.165, 1.54) is 13.2 Å². The molecule has 1 aromatic carbocycles. The Morgan fingerprint density at radius 2 is 2.14 bits per heavy atom. The topological polar surface area (TPSA) is 50.4 Å². The molecule has 0 spiro atoms. The van der Waals surface area contributed by atoms with E-state index in [-0.39, 0.29) is 35.9 Å². The van der Waals surface area contributed by atoms with Crippen LogP contribution in [0.1, 0.15) is 24.8 Å². The molecule has 118 valence electrons. The van der Waals surface area contributed by atoms with E-state index in [1.807, 2.05) is 0 Å². The Kier molecular flexibility index (Phi) is 7.47. The molecular weight excluding hydrogens is 295 g/mol. The molecule has 1 saturated heterocycles. The molecule has 0 aliphatic carbocycles. The summed E-state index contributed by atoms with van der Waals surface area (Å²) in [6, 6.07) is 5.09. The van der Waals surface area contributed by atoms with E-state index in [1.54, 1.807) is 12.1 Å². The van der Waals surface area contributed by atoms with Crippen LogP contribution < -0.4 is 15.4 Å². The van der Waals surface area contributed by atoms with Crippen molar-refractivity contribution in [3.63, 3.8) is 0 Å². The van der Waals surface area contributed by atoms with Gasteiger partial charge in [0.1, 0.15) is 0 Å². The first kappa shape index (κ1) is 17.7. The lowest BCUT2D eigenvalue weighted by molar-refractivity contribution is -0.121. The number of hydrogen-bond acceptors (Lipinski definition) is 3. The van der Waals surface area contributed by atoms with Crippen LogP contribution in [0.2, 0.25) is 0 Å². The second-order valence-corrected chi connectivity index (χ2v) is 5.06. The molecular formula is C15H22ClFN2O2. The van der Waals surface area contributed by atoms with Gasteiger partial charge in [0.25, 0.3) is 0 Å². The van der Waals surface area contributed by atoms with Crippen molar-refractivity contribution in [2.75, 3.05) is 20.2 Å². The number of carbonyl (C=O) groups excluding carboxylic acids is 1. The third kappa shape index (κ3) is 5.52. The molecule has 2 rings (SSSR count). The van der Waals surface area contributed by atoms with Gasteiger partial charge in [-0.3, -0.25) is 4.79 Å². The predicted molar refractivity (Wildman–Crippen MR) is 82.6 cm³/mol. The lowest BCUT2D eigenvalue weighted by Gasteiger charge is -2.23. The van der Waals surface area contributed by atoms with Crippen molar-refractivity contribution in [2.45, 2.75) is 31.7 Å². The first-order chi connectivity index (χ1) is 9.69. The largest absolute Gasteiger partial charge is 0.494 e. The van der Waals surface area contributed by atoms with Gasteiger partial charge in [-0.05, 0) is 50.0 Å². The molecule has 4 nitrogen and oxygen atoms in total. The molecule has 0 aromatic heterocycles. The zero-order chi connectivity index (χ0) is 14.4. The molecule has 1 fully saturated rings. The third-order valence-corrected chi connectivity index (χ3v) is 3.56. The lowest BCUT2D eigenvalue weighted by Crippen LogP contribution is -2.42. The Labute approximate surface area is 130 Å². The minimum Gasteiger partial charge on any atom is -0.494 e. The number of benzene rings is 1. The van der Waals surface area contributed by atoms with Gasteiger partial charge in [0.05, 0.1) is 7.11 Å². The number of carbonyl (C=O) groups is 1. The number of halogens is 2. The molecule has 1 aliphatic heterocycles. The molecule has 1 aromatic rings. The summed E-state index contributed by atoms with van der Waals surface area (Å²) in [5.74, 6) is -0.121. The number of nitrogens with one attached hydrogen (secondary N) is 2. The van der Waals surface area contributed by atoms with Crippen molar-refractivity contribution < 1.29 is 13.9 Å². The van der Waals surface area contributed by atoms with E-state index in [0.717, 1.165) is 31.5 Å². The van der Waals surface area contributed by atoms with Crippen molar-refractivity contribution in [3.05, 3.63) is 29.6 Å². The number of piperidine rings is 1. The number of hydrogen-bond donors (Lipinski definition) is 2. The van der Waals surface area contributed by atoms with E-state index in [4.69, 9.17) is 4.74 Å². The normalized spacial score (nSPS) is 15.1. The summed E-state index contributed by atoms with van der Waals surface area (Å²) in [6.45, 7) is 1.91. The van der Waals surface area contributed by atoms with E-state index < -0.39 is 0 Å². The minimum atomic E-state index is -0.385. The van der Waals surface area contributed by atoms with Crippen LogP contribution in [0.25, 0.3) is 0 Å². The van der Waals surface area contributed by atoms with Crippen molar-refractivity contribution in [2.24, 2.45) is 0 Å². The molecule has 1 heterocycles. The summed E-state index contributed by atoms with van der Waals surface area (Å²) < 4.78 is 18.4. The monoisotopic (exact) mass is 316 g/mol. The van der Waals surface area contributed by atoms with Crippen molar-refractivity contribution in [1.29, 1.82) is 0 Å². The summed E-state index contributed by atoms with van der Waals surface area (Å²) >= 11 is 0. The molecule has 1 amide bonds. The van der Waals surface area contributed by atoms with Gasteiger partial charge in [-0.1, -0.05) is 6.07 Å². The summed E-state index contributed by atoms with van der Waals surface area (Å²) in [7, 11) is 1.44. The third-order valence-electron chi connectivity index (χ3n) is 3.56. The highest BCUT2D eigenvalue weighted by Crippen LogP contribution is 2.18. The Morgan fingerprint density at radius 3 is 2.76 bits per heavy atom. The Morgan fingerprint density at radius 1 is 1.43 bits per heavy atom. The maximum Gasteiger partial charge on any atom is 0.220 e. The summed E-state index contributed by atoms with van der Waals surface area (Å²) in [5.41, 5.74) is 0.809. The van der Waals surface area contributed by atoms with E-state index in [0.29, 0.717) is 12.8 Å². The molecule has 1 aliphatic rings. The standard InChI is InChI=1S/C15H21FN2O2.ClH/c1-20-14-4-2-11(10-13(14)16)3-5-15(19)18-12-6-8-17-9-7-12;/h2,4,10,12,17H,3,5-9H2,1H3,(H,18,19);1H.